The predicted molar refractivity (Wildman–Crippen MR) is 80.0 cm³/mol. The van der Waals surface area contributed by atoms with Gasteiger partial charge in [-0.05, 0) is 49.3 Å². The highest BCUT2D eigenvalue weighted by Gasteiger charge is 2.20. The van der Waals surface area contributed by atoms with Crippen LogP contribution in [0, 0.1) is 17.2 Å². The van der Waals surface area contributed by atoms with Crippen molar-refractivity contribution in [3.8, 4) is 6.07 Å². The number of hydrogen-bond acceptors (Lipinski definition) is 2. The fourth-order valence-corrected chi connectivity index (χ4v) is 3.05. The van der Waals surface area contributed by atoms with Gasteiger partial charge in [0, 0.05) is 11.7 Å². The van der Waals surface area contributed by atoms with Crippen LogP contribution in [-0.2, 0) is 6.42 Å². The summed E-state index contributed by atoms with van der Waals surface area (Å²) in [6, 6.07) is 11.1. The van der Waals surface area contributed by atoms with Gasteiger partial charge in [-0.3, -0.25) is 0 Å². The lowest BCUT2D eigenvalue weighted by molar-refractivity contribution is 0.319. The van der Waals surface area contributed by atoms with Crippen molar-refractivity contribution >= 4 is 5.69 Å². The zero-order chi connectivity index (χ0) is 13.5. The monoisotopic (exact) mass is 256 g/mol. The molecule has 1 aliphatic carbocycles. The van der Waals surface area contributed by atoms with Crippen LogP contribution in [-0.4, -0.2) is 6.04 Å². The fraction of sp³-hybridized carbons (Fsp3) is 0.588. The molecular formula is C17H24N2. The molecule has 0 unspecified atom stereocenters. The third-order valence-electron chi connectivity index (χ3n) is 4.15. The maximum atomic E-state index is 8.65. The molecular weight excluding hydrogens is 232 g/mol. The Kier molecular flexibility index (Phi) is 5.27. The molecule has 0 bridgehead atoms. The summed E-state index contributed by atoms with van der Waals surface area (Å²) >= 11 is 0. The van der Waals surface area contributed by atoms with E-state index in [0.29, 0.717) is 12.5 Å². The van der Waals surface area contributed by atoms with Gasteiger partial charge in [-0.1, -0.05) is 31.9 Å². The van der Waals surface area contributed by atoms with E-state index in [1.807, 2.05) is 12.1 Å². The van der Waals surface area contributed by atoms with Crippen LogP contribution in [0.4, 0.5) is 5.69 Å². The number of rotatable bonds is 5. The highest BCUT2D eigenvalue weighted by atomic mass is 14.9. The zero-order valence-electron chi connectivity index (χ0n) is 11.9. The predicted octanol–water partition coefficient (Wildman–Crippen LogP) is 4.52. The molecule has 19 heavy (non-hydrogen) atoms. The first-order valence-electron chi connectivity index (χ1n) is 7.54. The van der Waals surface area contributed by atoms with Crippen LogP contribution in [0.5, 0.6) is 0 Å². The minimum Gasteiger partial charge on any atom is -0.382 e. The third-order valence-corrected chi connectivity index (χ3v) is 4.15. The van der Waals surface area contributed by atoms with Crippen LogP contribution in [0.3, 0.4) is 0 Å². The molecule has 0 amide bonds. The topological polar surface area (TPSA) is 35.8 Å². The Morgan fingerprint density at radius 3 is 2.42 bits per heavy atom. The molecule has 2 nitrogen and oxygen atoms in total. The van der Waals surface area contributed by atoms with Gasteiger partial charge in [-0.15, -0.1) is 0 Å². The van der Waals surface area contributed by atoms with Gasteiger partial charge in [0.05, 0.1) is 12.5 Å². The first-order chi connectivity index (χ1) is 9.31. The van der Waals surface area contributed by atoms with Crippen molar-refractivity contribution in [2.45, 2.75) is 57.9 Å². The normalized spacial score (nSPS) is 22.7. The molecule has 1 N–H and O–H groups in total. The Hall–Kier alpha value is -1.49. The summed E-state index contributed by atoms with van der Waals surface area (Å²) in [5.74, 6) is 0.959. The molecule has 0 heterocycles. The lowest BCUT2D eigenvalue weighted by Gasteiger charge is -2.29. The van der Waals surface area contributed by atoms with Crippen molar-refractivity contribution in [2.24, 2.45) is 5.92 Å². The Morgan fingerprint density at radius 1 is 1.16 bits per heavy atom. The molecule has 2 heteroatoms. The van der Waals surface area contributed by atoms with E-state index in [-0.39, 0.29) is 0 Å². The van der Waals surface area contributed by atoms with E-state index in [2.05, 4.69) is 30.4 Å². The van der Waals surface area contributed by atoms with E-state index in [9.17, 15) is 0 Å². The molecule has 0 spiro atoms. The van der Waals surface area contributed by atoms with Gasteiger partial charge < -0.3 is 5.32 Å². The third kappa shape index (κ3) is 4.28. The van der Waals surface area contributed by atoms with E-state index in [1.54, 1.807) is 0 Å². The Bertz CT molecular complexity index is 408. The number of hydrogen-bond donors (Lipinski definition) is 1. The summed E-state index contributed by atoms with van der Waals surface area (Å²) < 4.78 is 0. The standard InChI is InChI=1S/C17H24N2/c1-2-3-14-4-8-16(9-5-14)19-17-10-6-15(7-11-17)12-13-18/h6-7,10-11,14,16,19H,2-5,8-9,12H2,1H3. The molecule has 1 aromatic rings. The summed E-state index contributed by atoms with van der Waals surface area (Å²) in [7, 11) is 0. The number of benzene rings is 1. The van der Waals surface area contributed by atoms with Crippen molar-refractivity contribution in [3.63, 3.8) is 0 Å². The second-order valence-electron chi connectivity index (χ2n) is 5.68. The molecule has 0 aromatic heterocycles. The molecule has 1 saturated carbocycles. The molecule has 0 atom stereocenters. The second-order valence-corrected chi connectivity index (χ2v) is 5.68. The lowest BCUT2D eigenvalue weighted by atomic mass is 9.83. The van der Waals surface area contributed by atoms with E-state index in [1.165, 1.54) is 44.2 Å². The maximum absolute atomic E-state index is 8.65. The first-order valence-corrected chi connectivity index (χ1v) is 7.54. The summed E-state index contributed by atoms with van der Waals surface area (Å²) in [5.41, 5.74) is 2.29. The average molecular weight is 256 g/mol. The quantitative estimate of drug-likeness (QED) is 0.840. The molecule has 0 aliphatic heterocycles. The van der Waals surface area contributed by atoms with Crippen LogP contribution in [0.2, 0.25) is 0 Å². The number of nitrogens with one attached hydrogen (secondary N) is 1. The SMILES string of the molecule is CCCC1CCC(Nc2ccc(CC#N)cc2)CC1. The van der Waals surface area contributed by atoms with Crippen LogP contribution in [0.15, 0.2) is 24.3 Å². The summed E-state index contributed by atoms with van der Waals surface area (Å²) in [6.45, 7) is 2.28. The molecule has 1 fully saturated rings. The zero-order valence-corrected chi connectivity index (χ0v) is 11.9. The number of anilines is 1. The van der Waals surface area contributed by atoms with Gasteiger partial charge >= 0.3 is 0 Å². The van der Waals surface area contributed by atoms with Gasteiger partial charge in [0.2, 0.25) is 0 Å². The van der Waals surface area contributed by atoms with Gasteiger partial charge in [0.1, 0.15) is 0 Å². The van der Waals surface area contributed by atoms with E-state index >= 15 is 0 Å². The van der Waals surface area contributed by atoms with Gasteiger partial charge in [-0.2, -0.15) is 5.26 Å². The van der Waals surface area contributed by atoms with Crippen LogP contribution in [0.25, 0.3) is 0 Å². The average Bonchev–Trinajstić information content (AvgIpc) is 2.44. The largest absolute Gasteiger partial charge is 0.382 e. The van der Waals surface area contributed by atoms with Crippen LogP contribution < -0.4 is 5.32 Å². The summed E-state index contributed by atoms with van der Waals surface area (Å²) in [6.07, 6.45) is 8.56. The minimum atomic E-state index is 0.502. The molecule has 0 saturated heterocycles. The highest BCUT2D eigenvalue weighted by molar-refractivity contribution is 5.45. The number of nitrogens with zero attached hydrogens (tertiary/aromatic N) is 1. The van der Waals surface area contributed by atoms with Crippen molar-refractivity contribution in [3.05, 3.63) is 29.8 Å². The Balaban J connectivity index is 1.80. The van der Waals surface area contributed by atoms with E-state index in [4.69, 9.17) is 5.26 Å². The van der Waals surface area contributed by atoms with Crippen molar-refractivity contribution in [1.29, 1.82) is 5.26 Å². The van der Waals surface area contributed by atoms with E-state index < -0.39 is 0 Å². The molecule has 1 aromatic carbocycles. The lowest BCUT2D eigenvalue weighted by Crippen LogP contribution is -2.26. The molecule has 1 aliphatic rings. The van der Waals surface area contributed by atoms with Gasteiger partial charge in [0.15, 0.2) is 0 Å². The highest BCUT2D eigenvalue weighted by Crippen LogP contribution is 2.29. The van der Waals surface area contributed by atoms with Gasteiger partial charge in [0.25, 0.3) is 0 Å². The smallest absolute Gasteiger partial charge is 0.0669 e. The van der Waals surface area contributed by atoms with Crippen LogP contribution >= 0.6 is 0 Å². The first kappa shape index (κ1) is 13.9. The summed E-state index contributed by atoms with van der Waals surface area (Å²) in [4.78, 5) is 0. The minimum absolute atomic E-state index is 0.502. The Morgan fingerprint density at radius 2 is 1.84 bits per heavy atom. The second kappa shape index (κ2) is 7.19. The van der Waals surface area contributed by atoms with Gasteiger partial charge in [-0.25, -0.2) is 0 Å². The Labute approximate surface area is 116 Å². The van der Waals surface area contributed by atoms with Crippen molar-refractivity contribution in [2.75, 3.05) is 5.32 Å². The molecule has 102 valence electrons. The molecule has 0 radical (unpaired) electrons. The number of nitriles is 1. The van der Waals surface area contributed by atoms with E-state index in [0.717, 1.165) is 11.5 Å². The summed E-state index contributed by atoms with van der Waals surface area (Å²) in [5, 5.41) is 12.3. The maximum Gasteiger partial charge on any atom is 0.0669 e. The fourth-order valence-electron chi connectivity index (χ4n) is 3.05. The van der Waals surface area contributed by atoms with Crippen LogP contribution in [0.1, 0.15) is 51.0 Å². The molecule has 2 rings (SSSR count). The van der Waals surface area contributed by atoms with Crippen molar-refractivity contribution in [1.82, 2.24) is 0 Å². The van der Waals surface area contributed by atoms with Crippen molar-refractivity contribution < 1.29 is 0 Å².